The molecule has 0 radical (unpaired) electrons. The average Bonchev–Trinajstić information content (AvgIpc) is 2.20. The summed E-state index contributed by atoms with van der Waals surface area (Å²) >= 11 is 3.36. The van der Waals surface area contributed by atoms with Crippen molar-refractivity contribution in [2.45, 2.75) is 25.8 Å². The minimum atomic E-state index is 0.267. The highest BCUT2D eigenvalue weighted by molar-refractivity contribution is 9.10. The quantitative estimate of drug-likeness (QED) is 0.846. The van der Waals surface area contributed by atoms with Crippen molar-refractivity contribution in [3.8, 4) is 0 Å². The van der Waals surface area contributed by atoms with E-state index >= 15 is 0 Å². The van der Waals surface area contributed by atoms with E-state index < -0.39 is 0 Å². The van der Waals surface area contributed by atoms with E-state index in [-0.39, 0.29) is 6.04 Å². The maximum Gasteiger partial charge on any atom is 0.143 e. The summed E-state index contributed by atoms with van der Waals surface area (Å²) in [5.41, 5.74) is 5.79. The van der Waals surface area contributed by atoms with Gasteiger partial charge < -0.3 is 11.1 Å². The molecule has 3 N–H and O–H groups in total. The number of nitrogens with two attached hydrogens (primary N) is 1. The van der Waals surface area contributed by atoms with Crippen LogP contribution in [0.15, 0.2) is 17.0 Å². The van der Waals surface area contributed by atoms with E-state index in [9.17, 15) is 0 Å². The molecular weight excluding hydrogens is 244 g/mol. The lowest BCUT2D eigenvalue weighted by Gasteiger charge is -2.10. The molecule has 1 unspecified atom stereocenters. The maximum absolute atomic E-state index is 5.79. The molecule has 0 saturated heterocycles. The first-order valence-corrected chi connectivity index (χ1v) is 5.48. The van der Waals surface area contributed by atoms with Gasteiger partial charge in [-0.15, -0.1) is 0 Å². The van der Waals surface area contributed by atoms with Crippen molar-refractivity contribution < 1.29 is 0 Å². The van der Waals surface area contributed by atoms with Crippen LogP contribution in [0.4, 0.5) is 5.82 Å². The van der Waals surface area contributed by atoms with E-state index in [4.69, 9.17) is 5.73 Å². The van der Waals surface area contributed by atoms with E-state index in [0.717, 1.165) is 29.7 Å². The van der Waals surface area contributed by atoms with Crippen LogP contribution in [-0.4, -0.2) is 22.6 Å². The number of nitrogens with one attached hydrogen (secondary N) is 1. The fourth-order valence-corrected chi connectivity index (χ4v) is 1.38. The molecule has 0 aliphatic heterocycles. The van der Waals surface area contributed by atoms with Crippen LogP contribution < -0.4 is 11.1 Å². The molecule has 1 atom stereocenters. The van der Waals surface area contributed by atoms with Crippen molar-refractivity contribution in [2.24, 2.45) is 5.73 Å². The Morgan fingerprint density at radius 3 is 3.07 bits per heavy atom. The number of nitrogens with zero attached hydrogens (tertiary/aromatic N) is 2. The van der Waals surface area contributed by atoms with E-state index in [1.54, 1.807) is 6.20 Å². The zero-order valence-corrected chi connectivity index (χ0v) is 9.79. The Morgan fingerprint density at radius 1 is 1.64 bits per heavy atom. The van der Waals surface area contributed by atoms with Crippen molar-refractivity contribution >= 4 is 21.7 Å². The first-order chi connectivity index (χ1) is 6.74. The van der Waals surface area contributed by atoms with Gasteiger partial charge in [-0.25, -0.2) is 9.97 Å². The fraction of sp³-hybridized carbons (Fsp3) is 0.556. The molecular formula is C9H15BrN4. The van der Waals surface area contributed by atoms with E-state index in [1.807, 2.05) is 0 Å². The first-order valence-electron chi connectivity index (χ1n) is 4.69. The highest BCUT2D eigenvalue weighted by Crippen LogP contribution is 2.16. The Kier molecular flexibility index (Phi) is 4.82. The van der Waals surface area contributed by atoms with Gasteiger partial charge in [0, 0.05) is 18.8 Å². The van der Waals surface area contributed by atoms with Crippen molar-refractivity contribution in [1.29, 1.82) is 0 Å². The lowest BCUT2D eigenvalue weighted by molar-refractivity contribution is 0.613. The highest BCUT2D eigenvalue weighted by atomic mass is 79.9. The summed E-state index contributed by atoms with van der Waals surface area (Å²) in [7, 11) is 0. The summed E-state index contributed by atoms with van der Waals surface area (Å²) in [4.78, 5) is 7.97. The second kappa shape index (κ2) is 5.93. The summed E-state index contributed by atoms with van der Waals surface area (Å²) in [6, 6.07) is 0.267. The van der Waals surface area contributed by atoms with Gasteiger partial charge in [0.1, 0.15) is 12.1 Å². The molecule has 4 nitrogen and oxygen atoms in total. The molecule has 1 heterocycles. The van der Waals surface area contributed by atoms with Gasteiger partial charge in [-0.1, -0.05) is 6.92 Å². The third-order valence-corrected chi connectivity index (χ3v) is 2.58. The topological polar surface area (TPSA) is 63.8 Å². The second-order valence-electron chi connectivity index (χ2n) is 3.10. The molecule has 78 valence electrons. The molecule has 0 fully saturated rings. The fourth-order valence-electron chi connectivity index (χ4n) is 1.02. The molecule has 0 aliphatic carbocycles. The molecule has 14 heavy (non-hydrogen) atoms. The van der Waals surface area contributed by atoms with Crippen molar-refractivity contribution in [3.05, 3.63) is 17.0 Å². The predicted molar refractivity (Wildman–Crippen MR) is 61.1 cm³/mol. The predicted octanol–water partition coefficient (Wildman–Crippen LogP) is 1.78. The Labute approximate surface area is 92.5 Å². The van der Waals surface area contributed by atoms with Crippen LogP contribution in [0, 0.1) is 0 Å². The molecule has 0 bridgehead atoms. The van der Waals surface area contributed by atoms with Crippen LogP contribution in [0.3, 0.4) is 0 Å². The zero-order chi connectivity index (χ0) is 10.4. The van der Waals surface area contributed by atoms with Gasteiger partial charge in [0.2, 0.25) is 0 Å². The molecule has 0 spiro atoms. The van der Waals surface area contributed by atoms with Gasteiger partial charge in [-0.3, -0.25) is 0 Å². The summed E-state index contributed by atoms with van der Waals surface area (Å²) in [5.74, 6) is 0.823. The summed E-state index contributed by atoms with van der Waals surface area (Å²) in [6.07, 6.45) is 5.20. The van der Waals surface area contributed by atoms with E-state index in [0.29, 0.717) is 0 Å². The van der Waals surface area contributed by atoms with Gasteiger partial charge in [-0.2, -0.15) is 0 Å². The van der Waals surface area contributed by atoms with Gasteiger partial charge in [0.05, 0.1) is 4.47 Å². The van der Waals surface area contributed by atoms with E-state index in [2.05, 4.69) is 38.1 Å². The van der Waals surface area contributed by atoms with Crippen LogP contribution in [0.1, 0.15) is 19.8 Å². The molecule has 0 aliphatic rings. The minimum Gasteiger partial charge on any atom is -0.369 e. The van der Waals surface area contributed by atoms with Crippen LogP contribution in [-0.2, 0) is 0 Å². The van der Waals surface area contributed by atoms with E-state index in [1.165, 1.54) is 6.33 Å². The van der Waals surface area contributed by atoms with Gasteiger partial charge in [-0.05, 0) is 28.8 Å². The first kappa shape index (κ1) is 11.4. The van der Waals surface area contributed by atoms with Crippen molar-refractivity contribution in [2.75, 3.05) is 11.9 Å². The van der Waals surface area contributed by atoms with Crippen LogP contribution in [0.5, 0.6) is 0 Å². The summed E-state index contributed by atoms with van der Waals surface area (Å²) in [6.45, 7) is 2.93. The summed E-state index contributed by atoms with van der Waals surface area (Å²) < 4.78 is 0.880. The van der Waals surface area contributed by atoms with Gasteiger partial charge >= 0.3 is 0 Å². The Hall–Kier alpha value is -0.680. The minimum absolute atomic E-state index is 0.267. The lowest BCUT2D eigenvalue weighted by Crippen LogP contribution is -2.22. The smallest absolute Gasteiger partial charge is 0.143 e. The van der Waals surface area contributed by atoms with Gasteiger partial charge in [0.25, 0.3) is 0 Å². The number of hydrogen-bond acceptors (Lipinski definition) is 4. The third kappa shape index (κ3) is 3.59. The Balaban J connectivity index is 2.35. The van der Waals surface area contributed by atoms with Crippen LogP contribution in [0.25, 0.3) is 0 Å². The molecule has 1 aromatic heterocycles. The monoisotopic (exact) mass is 258 g/mol. The third-order valence-electron chi connectivity index (χ3n) is 2.00. The molecule has 0 saturated carbocycles. The van der Waals surface area contributed by atoms with Crippen molar-refractivity contribution in [3.63, 3.8) is 0 Å². The number of halogens is 1. The summed E-state index contributed by atoms with van der Waals surface area (Å²) in [5, 5.41) is 3.20. The number of rotatable bonds is 5. The Morgan fingerprint density at radius 2 is 2.43 bits per heavy atom. The van der Waals surface area contributed by atoms with Crippen LogP contribution >= 0.6 is 15.9 Å². The molecule has 1 aromatic rings. The van der Waals surface area contributed by atoms with Gasteiger partial charge in [0.15, 0.2) is 0 Å². The molecule has 1 rings (SSSR count). The number of hydrogen-bond donors (Lipinski definition) is 2. The maximum atomic E-state index is 5.79. The molecule has 5 heteroatoms. The lowest BCUT2D eigenvalue weighted by atomic mass is 10.2. The highest BCUT2D eigenvalue weighted by Gasteiger charge is 2.01. The molecule has 0 amide bonds. The zero-order valence-electron chi connectivity index (χ0n) is 8.20. The SMILES string of the molecule is CCC(N)CCNc1ncncc1Br. The normalized spacial score (nSPS) is 12.5. The number of aromatic nitrogens is 2. The standard InChI is InChI=1S/C9H15BrN4/c1-2-7(11)3-4-13-9-8(10)5-12-6-14-9/h5-7H,2-4,11H2,1H3,(H,12,13,14). The second-order valence-corrected chi connectivity index (χ2v) is 3.96. The van der Waals surface area contributed by atoms with Crippen molar-refractivity contribution in [1.82, 2.24) is 9.97 Å². The molecule has 0 aromatic carbocycles. The Bertz CT molecular complexity index is 279. The van der Waals surface area contributed by atoms with Crippen LogP contribution in [0.2, 0.25) is 0 Å². The number of anilines is 1. The average molecular weight is 259 g/mol. The largest absolute Gasteiger partial charge is 0.369 e.